The molecule has 0 fully saturated rings. The van der Waals surface area contributed by atoms with E-state index in [0.29, 0.717) is 16.9 Å². The molecule has 0 heterocycles. The topological polar surface area (TPSA) is 3.24 Å². The molecule has 1 aromatic carbocycles. The van der Waals surface area contributed by atoms with Gasteiger partial charge >= 0.3 is 0 Å². The van der Waals surface area contributed by atoms with Gasteiger partial charge in [-0.25, -0.2) is 0 Å². The highest BCUT2D eigenvalue weighted by Gasteiger charge is 2.16. The van der Waals surface area contributed by atoms with Gasteiger partial charge in [0.1, 0.15) is 0 Å². The maximum Gasteiger partial charge on any atom is 0.0465 e. The fourth-order valence-corrected chi connectivity index (χ4v) is 2.86. The van der Waals surface area contributed by atoms with Gasteiger partial charge < -0.3 is 0 Å². The highest BCUT2D eigenvalue weighted by atomic mass is 35.5. The Balaban J connectivity index is 2.82. The molecule has 4 heteroatoms. The zero-order valence-electron chi connectivity index (χ0n) is 10.9. The van der Waals surface area contributed by atoms with Crippen molar-refractivity contribution < 1.29 is 0 Å². The average Bonchev–Trinajstić information content (AvgIpc) is 2.34. The van der Waals surface area contributed by atoms with E-state index in [1.807, 2.05) is 12.1 Å². The highest BCUT2D eigenvalue weighted by Crippen LogP contribution is 2.23. The van der Waals surface area contributed by atoms with E-state index in [0.717, 1.165) is 36.5 Å². The lowest BCUT2D eigenvalue weighted by molar-refractivity contribution is 0.188. The van der Waals surface area contributed by atoms with E-state index in [1.165, 1.54) is 0 Å². The summed E-state index contributed by atoms with van der Waals surface area (Å²) in [5.74, 6) is 0.641. The van der Waals surface area contributed by atoms with Crippen molar-refractivity contribution in [3.8, 4) is 0 Å². The van der Waals surface area contributed by atoms with Gasteiger partial charge in [0.05, 0.1) is 0 Å². The predicted molar refractivity (Wildman–Crippen MR) is 82.0 cm³/mol. The minimum atomic E-state index is 0.551. The lowest BCUT2D eigenvalue weighted by Gasteiger charge is -2.30. The molecule has 0 bridgehead atoms. The van der Waals surface area contributed by atoms with E-state index in [2.05, 4.69) is 18.7 Å². The van der Waals surface area contributed by atoms with Gasteiger partial charge in [-0.15, -0.1) is 11.6 Å². The van der Waals surface area contributed by atoms with Gasteiger partial charge in [0.2, 0.25) is 0 Å². The number of hydrogen-bond donors (Lipinski definition) is 0. The first-order chi connectivity index (χ1) is 8.62. The summed E-state index contributed by atoms with van der Waals surface area (Å²) in [7, 11) is 0. The quantitative estimate of drug-likeness (QED) is 0.624. The number of rotatable bonds is 7. The second-order valence-electron chi connectivity index (χ2n) is 4.37. The lowest BCUT2D eigenvalue weighted by atomic mass is 10.1. The fraction of sp³-hybridized carbons (Fsp3) is 0.571. The SMILES string of the molecule is CCC(CC)N(CCCl)Cc1ccc(Cl)cc1Cl. The van der Waals surface area contributed by atoms with Gasteiger partial charge in [0.15, 0.2) is 0 Å². The molecule has 0 unspecified atom stereocenters. The Morgan fingerprint density at radius 2 is 1.83 bits per heavy atom. The van der Waals surface area contributed by atoms with Crippen LogP contribution in [-0.2, 0) is 6.54 Å². The van der Waals surface area contributed by atoms with Crippen LogP contribution in [0.25, 0.3) is 0 Å². The smallest absolute Gasteiger partial charge is 0.0465 e. The van der Waals surface area contributed by atoms with Crippen molar-refractivity contribution in [3.05, 3.63) is 33.8 Å². The van der Waals surface area contributed by atoms with Crippen LogP contribution in [0.2, 0.25) is 10.0 Å². The van der Waals surface area contributed by atoms with Crippen LogP contribution < -0.4 is 0 Å². The van der Waals surface area contributed by atoms with Crippen LogP contribution in [0.1, 0.15) is 32.3 Å². The summed E-state index contributed by atoms with van der Waals surface area (Å²) >= 11 is 18.0. The molecule has 0 saturated heterocycles. The molecule has 0 N–H and O–H groups in total. The normalized spacial score (nSPS) is 11.5. The molecule has 0 atom stereocenters. The summed E-state index contributed by atoms with van der Waals surface area (Å²) in [6.07, 6.45) is 2.25. The molecule has 1 nitrogen and oxygen atoms in total. The van der Waals surface area contributed by atoms with Crippen LogP contribution in [0.15, 0.2) is 18.2 Å². The van der Waals surface area contributed by atoms with Crippen molar-refractivity contribution in [1.82, 2.24) is 4.90 Å². The second kappa shape index (κ2) is 8.27. The Morgan fingerprint density at radius 3 is 2.33 bits per heavy atom. The van der Waals surface area contributed by atoms with E-state index in [1.54, 1.807) is 6.07 Å². The fourth-order valence-electron chi connectivity index (χ4n) is 2.17. The predicted octanol–water partition coefficient (Wildman–Crippen LogP) is 5.22. The van der Waals surface area contributed by atoms with Crippen LogP contribution in [0.5, 0.6) is 0 Å². The summed E-state index contributed by atoms with van der Waals surface area (Å²) in [6, 6.07) is 6.23. The van der Waals surface area contributed by atoms with Gasteiger partial charge in [-0.2, -0.15) is 0 Å². The van der Waals surface area contributed by atoms with E-state index in [9.17, 15) is 0 Å². The maximum atomic E-state index is 6.22. The first-order valence-electron chi connectivity index (χ1n) is 6.36. The number of halogens is 3. The molecule has 0 amide bonds. The molecular formula is C14H20Cl3N. The average molecular weight is 309 g/mol. The molecule has 0 saturated carbocycles. The molecule has 0 aliphatic carbocycles. The summed E-state index contributed by atoms with van der Waals surface area (Å²) < 4.78 is 0. The van der Waals surface area contributed by atoms with Gasteiger partial charge in [0, 0.05) is 35.1 Å². The molecule has 0 radical (unpaired) electrons. The molecule has 18 heavy (non-hydrogen) atoms. The standard InChI is InChI=1S/C14H20Cl3N/c1-3-13(4-2)18(8-7-15)10-11-5-6-12(16)9-14(11)17/h5-6,9,13H,3-4,7-8,10H2,1-2H3. The number of hydrogen-bond acceptors (Lipinski definition) is 1. The first-order valence-corrected chi connectivity index (χ1v) is 7.65. The first kappa shape index (κ1) is 16.1. The lowest BCUT2D eigenvalue weighted by Crippen LogP contribution is -2.35. The van der Waals surface area contributed by atoms with E-state index < -0.39 is 0 Å². The Morgan fingerprint density at radius 1 is 1.17 bits per heavy atom. The van der Waals surface area contributed by atoms with Crippen LogP contribution >= 0.6 is 34.8 Å². The molecule has 1 aromatic rings. The van der Waals surface area contributed by atoms with Gasteiger partial charge in [-0.05, 0) is 30.5 Å². The summed E-state index contributed by atoms with van der Waals surface area (Å²) in [5.41, 5.74) is 1.11. The van der Waals surface area contributed by atoms with Crippen molar-refractivity contribution in [3.63, 3.8) is 0 Å². The zero-order chi connectivity index (χ0) is 13.5. The minimum Gasteiger partial charge on any atom is -0.295 e. The Labute approximate surface area is 125 Å². The van der Waals surface area contributed by atoms with Crippen molar-refractivity contribution >= 4 is 34.8 Å². The van der Waals surface area contributed by atoms with Gasteiger partial charge in [0.25, 0.3) is 0 Å². The Hall–Kier alpha value is 0.0500. The number of benzene rings is 1. The third-order valence-electron chi connectivity index (χ3n) is 3.22. The highest BCUT2D eigenvalue weighted by molar-refractivity contribution is 6.35. The second-order valence-corrected chi connectivity index (χ2v) is 5.59. The van der Waals surface area contributed by atoms with Crippen LogP contribution in [0.4, 0.5) is 0 Å². The van der Waals surface area contributed by atoms with Crippen molar-refractivity contribution in [2.45, 2.75) is 39.3 Å². The summed E-state index contributed by atoms with van der Waals surface area (Å²) in [5, 5.41) is 1.41. The Bertz CT molecular complexity index is 364. The van der Waals surface area contributed by atoms with E-state index in [4.69, 9.17) is 34.8 Å². The number of nitrogens with zero attached hydrogens (tertiary/aromatic N) is 1. The maximum absolute atomic E-state index is 6.22. The van der Waals surface area contributed by atoms with E-state index >= 15 is 0 Å². The minimum absolute atomic E-state index is 0.551. The summed E-state index contributed by atoms with van der Waals surface area (Å²) in [4.78, 5) is 2.39. The molecule has 1 rings (SSSR count). The Kier molecular flexibility index (Phi) is 7.40. The van der Waals surface area contributed by atoms with Crippen molar-refractivity contribution in [2.24, 2.45) is 0 Å². The third-order valence-corrected chi connectivity index (χ3v) is 3.98. The van der Waals surface area contributed by atoms with Crippen LogP contribution in [0.3, 0.4) is 0 Å². The van der Waals surface area contributed by atoms with Crippen molar-refractivity contribution in [1.29, 1.82) is 0 Å². The number of alkyl halides is 1. The molecular weight excluding hydrogens is 289 g/mol. The van der Waals surface area contributed by atoms with Crippen molar-refractivity contribution in [2.75, 3.05) is 12.4 Å². The van der Waals surface area contributed by atoms with Gasteiger partial charge in [-0.1, -0.05) is 43.1 Å². The zero-order valence-corrected chi connectivity index (χ0v) is 13.2. The van der Waals surface area contributed by atoms with Crippen LogP contribution in [-0.4, -0.2) is 23.4 Å². The van der Waals surface area contributed by atoms with Gasteiger partial charge in [-0.3, -0.25) is 4.90 Å². The monoisotopic (exact) mass is 307 g/mol. The molecule has 0 aliphatic rings. The molecule has 0 aliphatic heterocycles. The third kappa shape index (κ3) is 4.62. The molecule has 0 aromatic heterocycles. The largest absolute Gasteiger partial charge is 0.295 e. The van der Waals surface area contributed by atoms with E-state index in [-0.39, 0.29) is 0 Å². The van der Waals surface area contributed by atoms with Crippen LogP contribution in [0, 0.1) is 0 Å². The summed E-state index contributed by atoms with van der Waals surface area (Å²) in [6.45, 7) is 6.12. The molecule has 102 valence electrons. The molecule has 0 spiro atoms.